The minimum Gasteiger partial charge on any atom is -0.314 e. The van der Waals surface area contributed by atoms with Crippen LogP contribution in [0.5, 0.6) is 0 Å². The Balaban J connectivity index is 1.82. The summed E-state index contributed by atoms with van der Waals surface area (Å²) in [5, 5.41) is 5.02. The average molecular weight is 252 g/mol. The van der Waals surface area contributed by atoms with Crippen LogP contribution in [-0.2, 0) is 6.42 Å². The second-order valence-corrected chi connectivity index (χ2v) is 6.47. The van der Waals surface area contributed by atoms with Crippen molar-refractivity contribution >= 4 is 11.3 Å². The fraction of sp³-hybridized carbons (Fsp3) is 0.786. The summed E-state index contributed by atoms with van der Waals surface area (Å²) in [7, 11) is 0. The lowest BCUT2D eigenvalue weighted by atomic mass is 10.1. The van der Waals surface area contributed by atoms with E-state index in [4.69, 9.17) is 0 Å². The van der Waals surface area contributed by atoms with E-state index in [1.807, 2.05) is 11.3 Å². The molecule has 1 aromatic rings. The Morgan fingerprint density at radius 3 is 2.71 bits per heavy atom. The third-order valence-corrected chi connectivity index (χ3v) is 4.72. The van der Waals surface area contributed by atoms with Crippen molar-refractivity contribution in [3.8, 4) is 0 Å². The predicted molar refractivity (Wildman–Crippen MR) is 74.7 cm³/mol. The largest absolute Gasteiger partial charge is 0.314 e. The molecule has 0 aliphatic heterocycles. The number of aromatic nitrogens is 1. The van der Waals surface area contributed by atoms with E-state index in [2.05, 4.69) is 31.1 Å². The van der Waals surface area contributed by atoms with Crippen molar-refractivity contribution in [1.82, 2.24) is 10.3 Å². The van der Waals surface area contributed by atoms with Gasteiger partial charge in [-0.3, -0.25) is 0 Å². The molecule has 1 aromatic heterocycles. The van der Waals surface area contributed by atoms with Crippen molar-refractivity contribution in [2.45, 2.75) is 58.9 Å². The normalized spacial score (nSPS) is 17.4. The Bertz CT molecular complexity index is 336. The number of thiazole rings is 1. The quantitative estimate of drug-likeness (QED) is 0.803. The highest BCUT2D eigenvalue weighted by atomic mass is 32.1. The molecule has 1 aliphatic rings. The van der Waals surface area contributed by atoms with Crippen molar-refractivity contribution < 1.29 is 0 Å². The molecule has 1 fully saturated rings. The third kappa shape index (κ3) is 3.78. The number of hydrogen-bond acceptors (Lipinski definition) is 3. The Kier molecular flexibility index (Phi) is 4.57. The molecule has 0 aromatic carbocycles. The van der Waals surface area contributed by atoms with Gasteiger partial charge in [-0.1, -0.05) is 6.92 Å². The predicted octanol–water partition coefficient (Wildman–Crippen LogP) is 3.47. The van der Waals surface area contributed by atoms with E-state index < -0.39 is 0 Å². The summed E-state index contributed by atoms with van der Waals surface area (Å²) in [4.78, 5) is 6.01. The standard InChI is InChI=1S/C14H24N2S/c1-4-9-15-13(12-5-6-12)7-8-14-16-10(2)11(3)17-14/h12-13,15H,4-9H2,1-3H3. The minimum absolute atomic E-state index is 0.736. The lowest BCUT2D eigenvalue weighted by molar-refractivity contribution is 0.435. The first-order valence-electron chi connectivity index (χ1n) is 6.87. The zero-order valence-electron chi connectivity index (χ0n) is 11.3. The highest BCUT2D eigenvalue weighted by molar-refractivity contribution is 7.11. The van der Waals surface area contributed by atoms with Crippen LogP contribution in [0, 0.1) is 19.8 Å². The van der Waals surface area contributed by atoms with Crippen molar-refractivity contribution in [3.05, 3.63) is 15.6 Å². The van der Waals surface area contributed by atoms with Crippen LogP contribution in [0.4, 0.5) is 0 Å². The molecule has 96 valence electrons. The van der Waals surface area contributed by atoms with Gasteiger partial charge in [0, 0.05) is 17.3 Å². The molecule has 1 saturated carbocycles. The third-order valence-electron chi connectivity index (χ3n) is 3.59. The second kappa shape index (κ2) is 5.96. The maximum atomic E-state index is 4.63. The average Bonchev–Trinajstić information content (AvgIpc) is 3.08. The summed E-state index contributed by atoms with van der Waals surface area (Å²) in [6.45, 7) is 7.69. The highest BCUT2D eigenvalue weighted by Gasteiger charge is 2.30. The number of aryl methyl sites for hydroxylation is 3. The van der Waals surface area contributed by atoms with E-state index in [9.17, 15) is 0 Å². The Morgan fingerprint density at radius 1 is 1.41 bits per heavy atom. The molecule has 1 aliphatic carbocycles. The Hall–Kier alpha value is -0.410. The van der Waals surface area contributed by atoms with Crippen molar-refractivity contribution in [1.29, 1.82) is 0 Å². The van der Waals surface area contributed by atoms with Gasteiger partial charge in [0.05, 0.1) is 10.7 Å². The molecule has 2 rings (SSSR count). The Morgan fingerprint density at radius 2 is 2.18 bits per heavy atom. The van der Waals surface area contributed by atoms with Gasteiger partial charge in [-0.05, 0) is 52.0 Å². The first kappa shape index (κ1) is 13.0. The van der Waals surface area contributed by atoms with Crippen LogP contribution >= 0.6 is 11.3 Å². The molecule has 0 amide bonds. The molecule has 1 N–H and O–H groups in total. The minimum atomic E-state index is 0.736. The molecule has 0 spiro atoms. The topological polar surface area (TPSA) is 24.9 Å². The SMILES string of the molecule is CCCNC(CCc1nc(C)c(C)s1)C1CC1. The van der Waals surface area contributed by atoms with E-state index >= 15 is 0 Å². The zero-order chi connectivity index (χ0) is 12.3. The van der Waals surface area contributed by atoms with Crippen LogP contribution < -0.4 is 5.32 Å². The van der Waals surface area contributed by atoms with Gasteiger partial charge in [0.15, 0.2) is 0 Å². The van der Waals surface area contributed by atoms with Crippen LogP contribution in [0.25, 0.3) is 0 Å². The lowest BCUT2D eigenvalue weighted by Gasteiger charge is -2.17. The molecule has 0 radical (unpaired) electrons. The maximum Gasteiger partial charge on any atom is 0.0931 e. The summed E-state index contributed by atoms with van der Waals surface area (Å²) in [5.74, 6) is 0.948. The van der Waals surface area contributed by atoms with E-state index in [1.165, 1.54) is 41.3 Å². The van der Waals surface area contributed by atoms with Gasteiger partial charge in [0.25, 0.3) is 0 Å². The van der Waals surface area contributed by atoms with Crippen molar-refractivity contribution in [2.75, 3.05) is 6.54 Å². The van der Waals surface area contributed by atoms with Gasteiger partial charge in [0.1, 0.15) is 0 Å². The first-order valence-corrected chi connectivity index (χ1v) is 7.68. The molecule has 3 heteroatoms. The fourth-order valence-electron chi connectivity index (χ4n) is 2.26. The van der Waals surface area contributed by atoms with Crippen molar-refractivity contribution in [2.24, 2.45) is 5.92 Å². The van der Waals surface area contributed by atoms with Gasteiger partial charge >= 0.3 is 0 Å². The van der Waals surface area contributed by atoms with Gasteiger partial charge in [-0.15, -0.1) is 11.3 Å². The summed E-state index contributed by atoms with van der Waals surface area (Å²) >= 11 is 1.87. The summed E-state index contributed by atoms with van der Waals surface area (Å²) in [6.07, 6.45) is 6.50. The molecule has 1 atom stereocenters. The van der Waals surface area contributed by atoms with Gasteiger partial charge in [-0.25, -0.2) is 4.98 Å². The fourth-order valence-corrected chi connectivity index (χ4v) is 3.21. The Labute approximate surface area is 109 Å². The number of nitrogens with zero attached hydrogens (tertiary/aromatic N) is 1. The smallest absolute Gasteiger partial charge is 0.0931 e. The van der Waals surface area contributed by atoms with Gasteiger partial charge < -0.3 is 5.32 Å². The van der Waals surface area contributed by atoms with E-state index in [-0.39, 0.29) is 0 Å². The molecule has 0 bridgehead atoms. The van der Waals surface area contributed by atoms with E-state index in [0.29, 0.717) is 0 Å². The highest BCUT2D eigenvalue weighted by Crippen LogP contribution is 2.34. The number of nitrogens with one attached hydrogen (secondary N) is 1. The molecule has 0 saturated heterocycles. The molecular weight excluding hydrogens is 228 g/mol. The van der Waals surface area contributed by atoms with E-state index in [0.717, 1.165) is 24.9 Å². The van der Waals surface area contributed by atoms with Crippen molar-refractivity contribution in [3.63, 3.8) is 0 Å². The van der Waals surface area contributed by atoms with E-state index in [1.54, 1.807) is 0 Å². The van der Waals surface area contributed by atoms with Crippen LogP contribution in [0.1, 0.15) is 48.2 Å². The van der Waals surface area contributed by atoms with Crippen LogP contribution in [-0.4, -0.2) is 17.6 Å². The second-order valence-electron chi connectivity index (χ2n) is 5.19. The number of hydrogen-bond donors (Lipinski definition) is 1. The molecular formula is C14H24N2S. The molecule has 1 heterocycles. The monoisotopic (exact) mass is 252 g/mol. The lowest BCUT2D eigenvalue weighted by Crippen LogP contribution is -2.32. The summed E-state index contributed by atoms with van der Waals surface area (Å²) < 4.78 is 0. The molecule has 2 nitrogen and oxygen atoms in total. The van der Waals surface area contributed by atoms with Crippen LogP contribution in [0.2, 0.25) is 0 Å². The van der Waals surface area contributed by atoms with Gasteiger partial charge in [0.2, 0.25) is 0 Å². The number of rotatable bonds is 7. The summed E-state index contributed by atoms with van der Waals surface area (Å²) in [5.41, 5.74) is 1.22. The van der Waals surface area contributed by atoms with Crippen LogP contribution in [0.3, 0.4) is 0 Å². The maximum absolute atomic E-state index is 4.63. The van der Waals surface area contributed by atoms with Gasteiger partial charge in [-0.2, -0.15) is 0 Å². The zero-order valence-corrected chi connectivity index (χ0v) is 12.1. The summed E-state index contributed by atoms with van der Waals surface area (Å²) in [6, 6.07) is 0.736. The first-order chi connectivity index (χ1) is 8.20. The molecule has 1 unspecified atom stereocenters. The molecule has 17 heavy (non-hydrogen) atoms. The van der Waals surface area contributed by atoms with Crippen LogP contribution in [0.15, 0.2) is 0 Å².